The van der Waals surface area contributed by atoms with Gasteiger partial charge in [-0.3, -0.25) is 4.79 Å². The molecule has 0 bridgehead atoms. The van der Waals surface area contributed by atoms with E-state index in [2.05, 4.69) is 48.0 Å². The lowest BCUT2D eigenvalue weighted by atomic mass is 9.95. The van der Waals surface area contributed by atoms with E-state index in [4.69, 9.17) is 5.11 Å². The Hall–Kier alpha value is -0.830. The van der Waals surface area contributed by atoms with Gasteiger partial charge >= 0.3 is 5.97 Å². The average molecular weight is 311 g/mol. The second-order valence-electron chi connectivity index (χ2n) is 5.31. The van der Waals surface area contributed by atoms with Crippen LogP contribution in [0.5, 0.6) is 0 Å². The molecule has 3 atom stereocenters. The molecular weight excluding hydrogens is 292 g/mol. The van der Waals surface area contributed by atoms with Crippen LogP contribution in [0.25, 0.3) is 0 Å². The van der Waals surface area contributed by atoms with Crippen LogP contribution >= 0.6 is 15.9 Å². The maximum absolute atomic E-state index is 10.9. The number of hydrogen-bond acceptors (Lipinski definition) is 1. The highest BCUT2D eigenvalue weighted by atomic mass is 79.9. The van der Waals surface area contributed by atoms with Crippen molar-refractivity contribution in [3.05, 3.63) is 33.8 Å². The quantitative estimate of drug-likeness (QED) is 0.895. The van der Waals surface area contributed by atoms with Crippen molar-refractivity contribution < 1.29 is 9.90 Å². The predicted octanol–water partition coefficient (Wildman–Crippen LogP) is 3.91. The van der Waals surface area contributed by atoms with Crippen molar-refractivity contribution in [3.8, 4) is 0 Å². The van der Waals surface area contributed by atoms with Gasteiger partial charge in [0.05, 0.1) is 5.92 Å². The topological polar surface area (TPSA) is 37.3 Å². The molecule has 1 saturated carbocycles. The summed E-state index contributed by atoms with van der Waals surface area (Å²) in [6.45, 7) is 4.30. The highest BCUT2D eigenvalue weighted by Gasteiger charge is 2.45. The summed E-state index contributed by atoms with van der Waals surface area (Å²) in [7, 11) is 0. The van der Waals surface area contributed by atoms with Gasteiger partial charge in [0.15, 0.2) is 0 Å². The molecule has 1 N–H and O–H groups in total. The van der Waals surface area contributed by atoms with Crippen LogP contribution in [0.3, 0.4) is 0 Å². The van der Waals surface area contributed by atoms with E-state index < -0.39 is 5.97 Å². The number of rotatable bonds is 5. The minimum atomic E-state index is -0.630. The van der Waals surface area contributed by atoms with Crippen LogP contribution in [-0.4, -0.2) is 11.1 Å². The van der Waals surface area contributed by atoms with Crippen molar-refractivity contribution >= 4 is 21.9 Å². The molecule has 1 aromatic carbocycles. The summed E-state index contributed by atoms with van der Waals surface area (Å²) in [6, 6.07) is 6.50. The Balaban J connectivity index is 1.98. The van der Waals surface area contributed by atoms with E-state index in [1.165, 1.54) is 15.6 Å². The summed E-state index contributed by atoms with van der Waals surface area (Å²) >= 11 is 3.59. The molecule has 3 heteroatoms. The maximum atomic E-state index is 10.9. The monoisotopic (exact) mass is 310 g/mol. The lowest BCUT2D eigenvalue weighted by Gasteiger charge is -2.12. The fraction of sp³-hybridized carbons (Fsp3) is 0.533. The zero-order valence-electron chi connectivity index (χ0n) is 10.8. The van der Waals surface area contributed by atoms with Gasteiger partial charge < -0.3 is 5.11 Å². The Labute approximate surface area is 117 Å². The Morgan fingerprint density at radius 3 is 2.78 bits per heavy atom. The Bertz CT molecular complexity index is 456. The maximum Gasteiger partial charge on any atom is 0.306 e. The second kappa shape index (κ2) is 5.43. The van der Waals surface area contributed by atoms with Gasteiger partial charge in [-0.05, 0) is 48.3 Å². The minimum Gasteiger partial charge on any atom is -0.481 e. The van der Waals surface area contributed by atoms with Crippen molar-refractivity contribution in [2.75, 3.05) is 0 Å². The summed E-state index contributed by atoms with van der Waals surface area (Å²) < 4.78 is 1.17. The number of carboxylic acids is 1. The van der Waals surface area contributed by atoms with E-state index in [9.17, 15) is 4.79 Å². The van der Waals surface area contributed by atoms with Crippen LogP contribution < -0.4 is 0 Å². The molecule has 1 aliphatic carbocycles. The molecule has 0 amide bonds. The smallest absolute Gasteiger partial charge is 0.306 e. The molecule has 0 spiro atoms. The molecule has 1 aromatic rings. The van der Waals surface area contributed by atoms with Gasteiger partial charge in [0.1, 0.15) is 0 Å². The first-order valence-electron chi connectivity index (χ1n) is 6.53. The number of aliphatic carboxylic acids is 1. The highest BCUT2D eigenvalue weighted by molar-refractivity contribution is 9.10. The van der Waals surface area contributed by atoms with E-state index in [1.54, 1.807) is 0 Å². The van der Waals surface area contributed by atoms with Crippen LogP contribution in [0.4, 0.5) is 0 Å². The number of hydrogen-bond donors (Lipinski definition) is 1. The molecule has 0 radical (unpaired) electrons. The average Bonchev–Trinajstić information content (AvgIpc) is 3.09. The van der Waals surface area contributed by atoms with Crippen molar-refractivity contribution in [1.29, 1.82) is 0 Å². The third-order valence-corrected chi connectivity index (χ3v) is 4.68. The first kappa shape index (κ1) is 13.6. The van der Waals surface area contributed by atoms with Gasteiger partial charge in [-0.25, -0.2) is 0 Å². The Morgan fingerprint density at radius 2 is 2.28 bits per heavy atom. The summed E-state index contributed by atoms with van der Waals surface area (Å²) in [5.41, 5.74) is 2.61. The van der Waals surface area contributed by atoms with Gasteiger partial charge in [-0.1, -0.05) is 41.9 Å². The highest BCUT2D eigenvalue weighted by Crippen LogP contribution is 2.45. The molecule has 98 valence electrons. The van der Waals surface area contributed by atoms with Crippen molar-refractivity contribution in [1.82, 2.24) is 0 Å². The zero-order valence-corrected chi connectivity index (χ0v) is 12.4. The lowest BCUT2D eigenvalue weighted by Crippen LogP contribution is -2.08. The van der Waals surface area contributed by atoms with Crippen LogP contribution in [0.2, 0.25) is 0 Å². The van der Waals surface area contributed by atoms with E-state index in [1.807, 2.05) is 0 Å². The molecule has 2 nitrogen and oxygen atoms in total. The van der Waals surface area contributed by atoms with Gasteiger partial charge in [0.2, 0.25) is 0 Å². The molecule has 0 saturated heterocycles. The normalized spacial score (nSPS) is 23.7. The fourth-order valence-electron chi connectivity index (χ4n) is 2.66. The number of aryl methyl sites for hydroxylation is 1. The molecule has 18 heavy (non-hydrogen) atoms. The Morgan fingerprint density at radius 1 is 1.56 bits per heavy atom. The third-order valence-electron chi connectivity index (χ3n) is 3.94. The zero-order chi connectivity index (χ0) is 13.3. The fourth-order valence-corrected chi connectivity index (χ4v) is 3.36. The van der Waals surface area contributed by atoms with Crippen LogP contribution in [0.15, 0.2) is 22.7 Å². The third kappa shape index (κ3) is 2.94. The summed E-state index contributed by atoms with van der Waals surface area (Å²) in [5.74, 6) is 0.0883. The van der Waals surface area contributed by atoms with E-state index in [0.29, 0.717) is 11.8 Å². The molecule has 0 heterocycles. The summed E-state index contributed by atoms with van der Waals surface area (Å²) in [5, 5.41) is 8.94. The first-order chi connectivity index (χ1) is 8.52. The summed E-state index contributed by atoms with van der Waals surface area (Å²) in [4.78, 5) is 10.9. The Kier molecular flexibility index (Phi) is 4.10. The summed E-state index contributed by atoms with van der Waals surface area (Å²) in [6.07, 6.45) is 2.85. The van der Waals surface area contributed by atoms with Gasteiger partial charge in [-0.15, -0.1) is 0 Å². The molecule has 0 aromatic heterocycles. The van der Waals surface area contributed by atoms with Gasteiger partial charge in [-0.2, -0.15) is 0 Å². The number of carbonyl (C=O) groups is 1. The van der Waals surface area contributed by atoms with Crippen molar-refractivity contribution in [2.24, 2.45) is 17.8 Å². The first-order valence-corrected chi connectivity index (χ1v) is 7.32. The number of carboxylic acid groups (broad SMARTS) is 1. The van der Waals surface area contributed by atoms with Crippen molar-refractivity contribution in [3.63, 3.8) is 0 Å². The largest absolute Gasteiger partial charge is 0.481 e. The van der Waals surface area contributed by atoms with Crippen LogP contribution in [-0.2, 0) is 17.6 Å². The van der Waals surface area contributed by atoms with Crippen LogP contribution in [0, 0.1) is 17.8 Å². The van der Waals surface area contributed by atoms with E-state index >= 15 is 0 Å². The molecule has 1 aliphatic rings. The van der Waals surface area contributed by atoms with E-state index in [-0.39, 0.29) is 5.92 Å². The van der Waals surface area contributed by atoms with E-state index in [0.717, 1.165) is 19.3 Å². The second-order valence-corrected chi connectivity index (χ2v) is 6.16. The number of benzene rings is 1. The molecule has 3 unspecified atom stereocenters. The van der Waals surface area contributed by atoms with Gasteiger partial charge in [0.25, 0.3) is 0 Å². The van der Waals surface area contributed by atoms with Crippen LogP contribution in [0.1, 0.15) is 31.4 Å². The lowest BCUT2D eigenvalue weighted by molar-refractivity contribution is -0.139. The molecule has 2 rings (SSSR count). The SMILES string of the molecule is CCc1ccc(CC(C)C2CC2C(=O)O)cc1Br. The van der Waals surface area contributed by atoms with Crippen molar-refractivity contribution in [2.45, 2.75) is 33.1 Å². The predicted molar refractivity (Wildman–Crippen MR) is 75.6 cm³/mol. The van der Waals surface area contributed by atoms with Gasteiger partial charge in [0, 0.05) is 4.47 Å². The standard InChI is InChI=1S/C15H19BrO2/c1-3-11-5-4-10(7-14(11)16)6-9(2)12-8-13(12)15(17)18/h4-5,7,9,12-13H,3,6,8H2,1-2H3,(H,17,18). The molecule has 0 aliphatic heterocycles. The molecule has 1 fully saturated rings. The minimum absolute atomic E-state index is 0.0987. The number of halogens is 1. The molecular formula is C15H19BrO2.